The lowest BCUT2D eigenvalue weighted by Gasteiger charge is -2.05. The van der Waals surface area contributed by atoms with Crippen LogP contribution in [0.15, 0.2) is 59.8 Å². The summed E-state index contributed by atoms with van der Waals surface area (Å²) in [6.45, 7) is 1.82. The Balaban J connectivity index is 0.000000144. The van der Waals surface area contributed by atoms with E-state index >= 15 is 0 Å². The molecule has 2 heterocycles. The normalized spacial score (nSPS) is 11.2. The molecule has 2 aromatic carbocycles. The van der Waals surface area contributed by atoms with E-state index in [0.717, 1.165) is 27.9 Å². The summed E-state index contributed by atoms with van der Waals surface area (Å²) in [5.74, 6) is 0. The zero-order valence-corrected chi connectivity index (χ0v) is 13.5. The summed E-state index contributed by atoms with van der Waals surface area (Å²) in [4.78, 5) is 14.6. The van der Waals surface area contributed by atoms with Crippen LogP contribution in [0.25, 0.3) is 22.3 Å². The van der Waals surface area contributed by atoms with Gasteiger partial charge in [-0.2, -0.15) is 0 Å². The molecule has 0 unspecified atom stereocenters. The van der Waals surface area contributed by atoms with Gasteiger partial charge in [0.25, 0.3) is 5.65 Å². The first kappa shape index (κ1) is 16.0. The summed E-state index contributed by atoms with van der Waals surface area (Å²) < 4.78 is 31.2. The van der Waals surface area contributed by atoms with Crippen LogP contribution < -0.4 is 4.98 Å². The molecule has 8 heteroatoms. The highest BCUT2D eigenvalue weighted by Gasteiger charge is 2.07. The molecule has 7 nitrogen and oxygen atoms in total. The number of hydrogen-bond acceptors (Lipinski definition) is 5. The van der Waals surface area contributed by atoms with E-state index in [-0.39, 0.29) is 4.90 Å². The fraction of sp³-hybridized carbons (Fsp3) is 0.0625. The van der Waals surface area contributed by atoms with Gasteiger partial charge in [-0.25, -0.2) is 18.4 Å². The Hall–Kier alpha value is -2.84. The average molecular weight is 342 g/mol. The van der Waals surface area contributed by atoms with E-state index in [4.69, 9.17) is 0 Å². The van der Waals surface area contributed by atoms with Crippen molar-refractivity contribution in [3.8, 4) is 0 Å². The van der Waals surface area contributed by atoms with Gasteiger partial charge in [-0.3, -0.25) is 4.98 Å². The summed E-state index contributed by atoms with van der Waals surface area (Å²) in [5.41, 5.74) is 4.33. The first-order valence-electron chi connectivity index (χ1n) is 7.07. The van der Waals surface area contributed by atoms with Crippen molar-refractivity contribution in [1.82, 2.24) is 15.0 Å². The summed E-state index contributed by atoms with van der Waals surface area (Å²) >= 11 is 0. The molecular weight excluding hydrogens is 328 g/mol. The van der Waals surface area contributed by atoms with Crippen LogP contribution in [0.2, 0.25) is 0 Å². The number of nitrogens with one attached hydrogen (secondary N) is 2. The summed E-state index contributed by atoms with van der Waals surface area (Å²) in [7, 11) is -4.27. The van der Waals surface area contributed by atoms with E-state index < -0.39 is 10.1 Å². The van der Waals surface area contributed by atoms with Gasteiger partial charge in [0.05, 0.1) is 4.90 Å². The lowest BCUT2D eigenvalue weighted by atomic mass is 10.2. The first-order chi connectivity index (χ1) is 11.4. The first-order valence-corrected chi connectivity index (χ1v) is 8.48. The van der Waals surface area contributed by atoms with Crippen LogP contribution in [0.1, 0.15) is 5.56 Å². The fourth-order valence-electron chi connectivity index (χ4n) is 2.08. The molecule has 122 valence electrons. The fourth-order valence-corrected chi connectivity index (χ4v) is 2.55. The van der Waals surface area contributed by atoms with Gasteiger partial charge in [0.2, 0.25) is 0 Å². The molecule has 0 fully saturated rings. The number of para-hydroxylation sites is 2. The molecule has 0 saturated heterocycles. The van der Waals surface area contributed by atoms with Crippen molar-refractivity contribution >= 4 is 32.4 Å². The molecular formula is C16H14N4O3S. The Bertz CT molecular complexity index is 1040. The van der Waals surface area contributed by atoms with Crippen LogP contribution in [0.4, 0.5) is 0 Å². The minimum Gasteiger partial charge on any atom is -0.744 e. The third kappa shape index (κ3) is 3.55. The highest BCUT2D eigenvalue weighted by atomic mass is 32.2. The second kappa shape index (κ2) is 6.34. The van der Waals surface area contributed by atoms with E-state index in [1.165, 1.54) is 12.1 Å². The summed E-state index contributed by atoms with van der Waals surface area (Å²) in [6.07, 6.45) is 1.73. The van der Waals surface area contributed by atoms with Gasteiger partial charge in [-0.1, -0.05) is 34.8 Å². The predicted octanol–water partition coefficient (Wildman–Crippen LogP) is 1.82. The predicted molar refractivity (Wildman–Crippen MR) is 87.1 cm³/mol. The second-order valence-corrected chi connectivity index (χ2v) is 6.49. The zero-order valence-electron chi connectivity index (χ0n) is 12.7. The lowest BCUT2D eigenvalue weighted by molar-refractivity contribution is -0.347. The third-order valence-electron chi connectivity index (χ3n) is 3.30. The van der Waals surface area contributed by atoms with E-state index in [0.29, 0.717) is 0 Å². The minimum absolute atomic E-state index is 0.178. The number of aromatic amines is 2. The van der Waals surface area contributed by atoms with E-state index in [1.807, 2.05) is 31.2 Å². The monoisotopic (exact) mass is 342 g/mol. The minimum atomic E-state index is -4.27. The molecule has 0 bridgehead atoms. The van der Waals surface area contributed by atoms with Crippen molar-refractivity contribution in [2.24, 2.45) is 0 Å². The molecule has 0 aliphatic rings. The molecule has 4 aromatic rings. The van der Waals surface area contributed by atoms with Gasteiger partial charge in [0.1, 0.15) is 15.6 Å². The number of hydrogen-bond donors (Lipinski definition) is 1. The molecule has 0 radical (unpaired) electrons. The number of aromatic nitrogens is 4. The maximum Gasteiger partial charge on any atom is 0.320 e. The summed E-state index contributed by atoms with van der Waals surface area (Å²) in [6, 6.07) is 13.6. The second-order valence-electron chi connectivity index (χ2n) is 5.11. The lowest BCUT2D eigenvalue weighted by Crippen LogP contribution is -1.98. The molecule has 0 spiro atoms. The average Bonchev–Trinajstić information content (AvgIpc) is 3.00. The number of nitrogens with zero attached hydrogens (tertiary/aromatic N) is 2. The molecule has 0 atom stereocenters. The van der Waals surface area contributed by atoms with Crippen molar-refractivity contribution in [2.45, 2.75) is 11.8 Å². The third-order valence-corrected chi connectivity index (χ3v) is 4.15. The zero-order chi connectivity index (χ0) is 17.2. The standard InChI is InChI=1S/C9H6N4.C7H8O3S/c1-2-4-7-6(3-1)12-8-9(13-7)11-5-10-8;1-6-2-4-7(5-3-6)11(8,9)10/h1-5H,(H,10,11,12,13);2-5H,1H3,(H,8,9,10). The number of benzene rings is 2. The topological polar surface area (TPSA) is 113 Å². The van der Waals surface area contributed by atoms with Crippen LogP contribution in [-0.2, 0) is 10.1 Å². The quantitative estimate of drug-likeness (QED) is 0.530. The number of H-pyrrole nitrogens is 2. The Morgan fingerprint density at radius 1 is 1.00 bits per heavy atom. The van der Waals surface area contributed by atoms with Crippen molar-refractivity contribution in [1.29, 1.82) is 0 Å². The van der Waals surface area contributed by atoms with Crippen LogP contribution in [-0.4, -0.2) is 27.9 Å². The van der Waals surface area contributed by atoms with Crippen LogP contribution in [0, 0.1) is 6.92 Å². The molecule has 2 N–H and O–H groups in total. The molecule has 0 aliphatic carbocycles. The molecule has 0 aliphatic heterocycles. The Labute approximate surface area is 138 Å². The highest BCUT2D eigenvalue weighted by Crippen LogP contribution is 2.10. The van der Waals surface area contributed by atoms with Crippen LogP contribution >= 0.6 is 0 Å². The Morgan fingerprint density at radius 3 is 2.25 bits per heavy atom. The van der Waals surface area contributed by atoms with Gasteiger partial charge in [0.15, 0.2) is 11.8 Å². The summed E-state index contributed by atoms with van der Waals surface area (Å²) in [5, 5.41) is 0. The van der Waals surface area contributed by atoms with Crippen molar-refractivity contribution in [3.63, 3.8) is 0 Å². The Morgan fingerprint density at radius 2 is 1.62 bits per heavy atom. The smallest absolute Gasteiger partial charge is 0.320 e. The number of imidazole rings is 1. The molecule has 24 heavy (non-hydrogen) atoms. The van der Waals surface area contributed by atoms with Crippen LogP contribution in [0.3, 0.4) is 0 Å². The van der Waals surface area contributed by atoms with Gasteiger partial charge >= 0.3 is 5.65 Å². The van der Waals surface area contributed by atoms with Crippen LogP contribution in [0.5, 0.6) is 0 Å². The largest absolute Gasteiger partial charge is 0.744 e. The highest BCUT2D eigenvalue weighted by molar-refractivity contribution is 7.85. The van der Waals surface area contributed by atoms with Gasteiger partial charge in [-0.15, -0.1) is 0 Å². The SMILES string of the molecule is Cc1ccc(S(=O)(=O)[O-])cc1.c1ccc2nc3[nH+]c[nH]c3nc2c1. The maximum atomic E-state index is 10.4. The molecule has 0 saturated carbocycles. The van der Waals surface area contributed by atoms with Gasteiger partial charge < -0.3 is 4.55 Å². The van der Waals surface area contributed by atoms with Gasteiger partial charge in [-0.05, 0) is 31.2 Å². The number of rotatable bonds is 1. The van der Waals surface area contributed by atoms with E-state index in [9.17, 15) is 13.0 Å². The maximum absolute atomic E-state index is 10.4. The van der Waals surface area contributed by atoms with E-state index in [2.05, 4.69) is 19.9 Å². The number of aryl methyl sites for hydroxylation is 1. The van der Waals surface area contributed by atoms with Crippen molar-refractivity contribution in [2.75, 3.05) is 0 Å². The molecule has 0 amide bonds. The Kier molecular flexibility index (Phi) is 4.24. The van der Waals surface area contributed by atoms with Crippen molar-refractivity contribution < 1.29 is 18.0 Å². The molecule has 2 aromatic heterocycles. The number of fused-ring (bicyclic) bond motifs is 2. The van der Waals surface area contributed by atoms with E-state index in [1.54, 1.807) is 18.5 Å². The van der Waals surface area contributed by atoms with Crippen molar-refractivity contribution in [3.05, 3.63) is 60.4 Å². The van der Waals surface area contributed by atoms with Gasteiger partial charge in [0, 0.05) is 0 Å². The molecule has 4 rings (SSSR count).